The van der Waals surface area contributed by atoms with Gasteiger partial charge >= 0.3 is 24.1 Å². The Morgan fingerprint density at radius 3 is 2.42 bits per heavy atom. The number of hydrogen-bond acceptors (Lipinski definition) is 8. The number of ether oxygens (including phenoxy) is 1. The van der Waals surface area contributed by atoms with Gasteiger partial charge in [0.05, 0.1) is 12.1 Å². The number of carboxylic acid groups (broad SMARTS) is 2. The number of hydrogen-bond donors (Lipinski definition) is 3. The highest BCUT2D eigenvalue weighted by Gasteiger charge is 2.38. The number of halogens is 3. The van der Waals surface area contributed by atoms with E-state index in [-0.39, 0.29) is 28.5 Å². The maximum Gasteiger partial charge on any atom is 0.490 e. The van der Waals surface area contributed by atoms with Crippen molar-refractivity contribution in [2.45, 2.75) is 19.6 Å². The third-order valence-electron chi connectivity index (χ3n) is 5.27. The van der Waals surface area contributed by atoms with Crippen molar-refractivity contribution in [3.05, 3.63) is 40.2 Å². The van der Waals surface area contributed by atoms with Gasteiger partial charge < -0.3 is 25.2 Å². The average Bonchev–Trinajstić information content (AvgIpc) is 3.24. The van der Waals surface area contributed by atoms with Crippen molar-refractivity contribution < 1.29 is 37.7 Å². The minimum atomic E-state index is -5.08. The van der Waals surface area contributed by atoms with Crippen molar-refractivity contribution in [1.29, 1.82) is 0 Å². The van der Waals surface area contributed by atoms with Gasteiger partial charge in [0.25, 0.3) is 5.56 Å². The lowest BCUT2D eigenvalue weighted by atomic mass is 10.2. The summed E-state index contributed by atoms with van der Waals surface area (Å²) < 4.78 is 40.6. The van der Waals surface area contributed by atoms with Crippen molar-refractivity contribution >= 4 is 29.1 Å². The molecule has 15 heteroatoms. The summed E-state index contributed by atoms with van der Waals surface area (Å²) in [6.07, 6.45) is -5.08. The third kappa shape index (κ3) is 6.40. The molecule has 1 aliphatic heterocycles. The summed E-state index contributed by atoms with van der Waals surface area (Å²) in [4.78, 5) is 44.5. The molecule has 4 rings (SSSR count). The van der Waals surface area contributed by atoms with Gasteiger partial charge in [0.1, 0.15) is 5.75 Å². The Bertz CT molecular complexity index is 1460. The maximum absolute atomic E-state index is 13.2. The molecule has 1 aliphatic rings. The molecule has 0 amide bonds. The molecule has 12 nitrogen and oxygen atoms in total. The third-order valence-corrected chi connectivity index (χ3v) is 5.27. The molecule has 3 N–H and O–H groups in total. The first kappa shape index (κ1) is 28.0. The molecule has 0 spiro atoms. The van der Waals surface area contributed by atoms with Crippen molar-refractivity contribution in [1.82, 2.24) is 24.4 Å². The zero-order valence-electron chi connectivity index (χ0n) is 20.2. The van der Waals surface area contributed by atoms with Crippen LogP contribution in [0.4, 0.5) is 19.1 Å². The highest BCUT2D eigenvalue weighted by Crippen LogP contribution is 2.24. The van der Waals surface area contributed by atoms with Crippen LogP contribution in [0.25, 0.3) is 11.2 Å². The summed E-state index contributed by atoms with van der Waals surface area (Å²) >= 11 is 0. The van der Waals surface area contributed by atoms with E-state index in [9.17, 15) is 27.9 Å². The molecule has 1 saturated heterocycles. The molecule has 38 heavy (non-hydrogen) atoms. The van der Waals surface area contributed by atoms with Gasteiger partial charge in [0, 0.05) is 33.2 Å². The molecule has 1 aromatic carbocycles. The van der Waals surface area contributed by atoms with Gasteiger partial charge in [-0.25, -0.2) is 9.59 Å². The fourth-order valence-electron chi connectivity index (χ4n) is 3.43. The highest BCUT2D eigenvalue weighted by molar-refractivity contribution is 5.88. The molecular weight excluding hydrogens is 513 g/mol. The molecule has 0 bridgehead atoms. The molecule has 1 fully saturated rings. The molecular formula is C23H23F3N6O6. The number of aromatic carboxylic acids is 1. The van der Waals surface area contributed by atoms with Gasteiger partial charge in [-0.1, -0.05) is 12.0 Å². The summed E-state index contributed by atoms with van der Waals surface area (Å²) in [5.74, 6) is 2.95. The van der Waals surface area contributed by atoms with E-state index in [1.807, 2.05) is 0 Å². The van der Waals surface area contributed by atoms with Gasteiger partial charge in [-0.3, -0.25) is 13.9 Å². The van der Waals surface area contributed by atoms with Crippen LogP contribution in [-0.2, 0) is 18.4 Å². The van der Waals surface area contributed by atoms with Crippen LogP contribution in [0.3, 0.4) is 0 Å². The first-order valence-corrected chi connectivity index (χ1v) is 11.1. The minimum absolute atomic E-state index is 0.0260. The lowest BCUT2D eigenvalue weighted by Crippen LogP contribution is -2.44. The Kier molecular flexibility index (Phi) is 8.58. The van der Waals surface area contributed by atoms with E-state index in [0.29, 0.717) is 18.0 Å². The van der Waals surface area contributed by atoms with Gasteiger partial charge in [-0.2, -0.15) is 23.1 Å². The number of imidazole rings is 1. The number of aromatic nitrogens is 4. The van der Waals surface area contributed by atoms with Crippen LogP contribution in [0.5, 0.6) is 11.8 Å². The molecule has 0 aliphatic carbocycles. The van der Waals surface area contributed by atoms with Gasteiger partial charge in [-0.05, 0) is 25.1 Å². The van der Waals surface area contributed by atoms with Crippen molar-refractivity contribution in [3.63, 3.8) is 0 Å². The quantitative estimate of drug-likeness (QED) is 0.411. The lowest BCUT2D eigenvalue weighted by Gasteiger charge is -2.28. The number of anilines is 1. The van der Waals surface area contributed by atoms with E-state index in [2.05, 4.69) is 32.0 Å². The second kappa shape index (κ2) is 11.6. The molecule has 2 aromatic heterocycles. The van der Waals surface area contributed by atoms with E-state index in [4.69, 9.17) is 14.6 Å². The summed E-state index contributed by atoms with van der Waals surface area (Å²) in [7, 11) is 1.55. The standard InChI is InChI=1S/C21H22N6O4.C2HF3O2/c1-3-4-10-27-16-17(23-20(27)26-11-8-22-9-12-26)24-21(25(2)18(16)28)31-15-7-5-6-14(13-15)19(29)30;3-2(4,5)1(6)7/h5-7,13,22H,8-12H2,1-2H3,(H,29,30);(H,6,7). The van der Waals surface area contributed by atoms with E-state index in [0.717, 1.165) is 26.2 Å². The normalized spacial score (nSPS) is 13.2. The Morgan fingerprint density at radius 2 is 1.84 bits per heavy atom. The molecule has 202 valence electrons. The van der Waals surface area contributed by atoms with Crippen molar-refractivity contribution in [2.75, 3.05) is 31.1 Å². The van der Waals surface area contributed by atoms with Gasteiger partial charge in [0.15, 0.2) is 11.2 Å². The number of alkyl halides is 3. The van der Waals surface area contributed by atoms with Crippen LogP contribution >= 0.6 is 0 Å². The minimum Gasteiger partial charge on any atom is -0.478 e. The van der Waals surface area contributed by atoms with E-state index in [1.54, 1.807) is 30.7 Å². The van der Waals surface area contributed by atoms with E-state index < -0.39 is 18.1 Å². The molecule has 0 radical (unpaired) electrons. The fraction of sp³-hybridized carbons (Fsp3) is 0.348. The summed E-state index contributed by atoms with van der Waals surface area (Å²) in [5.41, 5.74) is 0.373. The Labute approximate surface area is 213 Å². The molecule has 3 heterocycles. The highest BCUT2D eigenvalue weighted by atomic mass is 19.4. The van der Waals surface area contributed by atoms with Crippen molar-refractivity contribution in [3.8, 4) is 23.6 Å². The predicted octanol–water partition coefficient (Wildman–Crippen LogP) is 1.69. The predicted molar refractivity (Wildman–Crippen MR) is 128 cm³/mol. The van der Waals surface area contributed by atoms with Gasteiger partial charge in [0.2, 0.25) is 5.95 Å². The van der Waals surface area contributed by atoms with Gasteiger partial charge in [-0.15, -0.1) is 5.92 Å². The number of rotatable bonds is 5. The SMILES string of the molecule is CC#CCn1c(N2CCNCC2)nc2nc(Oc3cccc(C(=O)O)c3)n(C)c(=O)c21.O=C(O)C(F)(F)F. The van der Waals surface area contributed by atoms with Crippen LogP contribution in [0.2, 0.25) is 0 Å². The zero-order valence-corrected chi connectivity index (χ0v) is 20.2. The number of aliphatic carboxylic acids is 1. The molecule has 0 atom stereocenters. The number of fused-ring (bicyclic) bond motifs is 1. The first-order chi connectivity index (χ1) is 17.9. The Morgan fingerprint density at radius 1 is 1.18 bits per heavy atom. The Balaban J connectivity index is 0.000000505. The largest absolute Gasteiger partial charge is 0.490 e. The molecule has 3 aromatic rings. The van der Waals surface area contributed by atoms with Crippen molar-refractivity contribution in [2.24, 2.45) is 7.05 Å². The average molecular weight is 536 g/mol. The summed E-state index contributed by atoms with van der Waals surface area (Å²) in [6.45, 7) is 5.23. The monoisotopic (exact) mass is 536 g/mol. The number of piperazine rings is 1. The number of carboxylic acids is 2. The lowest BCUT2D eigenvalue weighted by molar-refractivity contribution is -0.192. The number of nitrogens with one attached hydrogen (secondary N) is 1. The van der Waals surface area contributed by atoms with E-state index >= 15 is 0 Å². The fourth-order valence-corrected chi connectivity index (χ4v) is 3.43. The zero-order chi connectivity index (χ0) is 28.0. The molecule has 0 saturated carbocycles. The maximum atomic E-state index is 13.2. The van der Waals surface area contributed by atoms with Crippen LogP contribution in [0.1, 0.15) is 17.3 Å². The molecule has 0 unspecified atom stereocenters. The summed E-state index contributed by atoms with van der Waals surface area (Å²) in [5, 5.41) is 19.6. The second-order valence-electron chi connectivity index (χ2n) is 7.83. The number of carbonyl (C=O) groups is 2. The summed E-state index contributed by atoms with van der Waals surface area (Å²) in [6, 6.07) is 6.03. The van der Waals surface area contributed by atoms with Crippen LogP contribution < -0.4 is 20.5 Å². The van der Waals surface area contributed by atoms with Crippen LogP contribution in [-0.4, -0.2) is 73.6 Å². The topological polar surface area (TPSA) is 152 Å². The smallest absolute Gasteiger partial charge is 0.478 e. The first-order valence-electron chi connectivity index (χ1n) is 11.1. The second-order valence-corrected chi connectivity index (χ2v) is 7.83. The Hall–Kier alpha value is -4.58. The van der Waals surface area contributed by atoms with E-state index in [1.165, 1.54) is 16.7 Å². The van der Waals surface area contributed by atoms with Crippen LogP contribution in [0.15, 0.2) is 29.1 Å². The number of benzene rings is 1. The number of nitrogens with zero attached hydrogens (tertiary/aromatic N) is 5. The van der Waals surface area contributed by atoms with Crippen LogP contribution in [0, 0.1) is 11.8 Å².